The second kappa shape index (κ2) is 5.39. The Hall–Kier alpha value is -0.970. The maximum absolute atomic E-state index is 11.9. The zero-order valence-electron chi connectivity index (χ0n) is 8.67. The Labute approximate surface area is 96.0 Å². The van der Waals surface area contributed by atoms with E-state index in [0.29, 0.717) is 5.56 Å². The van der Waals surface area contributed by atoms with Crippen molar-refractivity contribution in [2.75, 3.05) is 5.75 Å². The molecule has 1 rings (SSSR count). The van der Waals surface area contributed by atoms with E-state index in [-0.39, 0.29) is 11.5 Å². The third-order valence-corrected chi connectivity index (χ3v) is 2.93. The molecule has 0 radical (unpaired) electrons. The summed E-state index contributed by atoms with van der Waals surface area (Å²) in [6.07, 6.45) is -4.90. The molecule has 0 spiro atoms. The molecule has 1 aromatic carbocycles. The van der Waals surface area contributed by atoms with E-state index in [0.717, 1.165) is 16.7 Å². The van der Waals surface area contributed by atoms with Gasteiger partial charge in [-0.3, -0.25) is 4.79 Å². The molecule has 0 bridgehead atoms. The molecule has 1 nitrogen and oxygen atoms in total. The van der Waals surface area contributed by atoms with Crippen LogP contribution in [0.1, 0.15) is 23.7 Å². The summed E-state index contributed by atoms with van der Waals surface area (Å²) in [6.45, 7) is 1.45. The van der Waals surface area contributed by atoms with Gasteiger partial charge in [0.05, 0.1) is 6.42 Å². The van der Waals surface area contributed by atoms with Gasteiger partial charge in [0, 0.05) is 16.2 Å². The lowest BCUT2D eigenvalue weighted by molar-refractivity contribution is -0.129. The molecular weight excluding hydrogens is 237 g/mol. The quantitative estimate of drug-likeness (QED) is 0.593. The van der Waals surface area contributed by atoms with Crippen LogP contribution >= 0.6 is 11.8 Å². The van der Waals surface area contributed by atoms with E-state index in [9.17, 15) is 18.0 Å². The highest BCUT2D eigenvalue weighted by Gasteiger charge is 2.26. The Balaban J connectivity index is 2.47. The first kappa shape index (κ1) is 13.1. The number of Topliss-reactive ketones (excluding diaryl/α,β-unsaturated/α-hetero) is 1. The van der Waals surface area contributed by atoms with Gasteiger partial charge >= 0.3 is 6.18 Å². The van der Waals surface area contributed by atoms with Crippen LogP contribution < -0.4 is 0 Å². The fraction of sp³-hybridized carbons (Fsp3) is 0.364. The minimum absolute atomic E-state index is 0.00289. The Morgan fingerprint density at radius 2 is 1.81 bits per heavy atom. The Morgan fingerprint density at radius 1 is 1.25 bits per heavy atom. The first-order valence-electron chi connectivity index (χ1n) is 4.69. The highest BCUT2D eigenvalue weighted by Crippen LogP contribution is 2.26. The normalized spacial score (nSPS) is 11.5. The number of thioether (sulfide) groups is 1. The van der Waals surface area contributed by atoms with Gasteiger partial charge < -0.3 is 0 Å². The SMILES string of the molecule is CC(=O)c1ccc(SCCC(F)(F)F)cc1. The van der Waals surface area contributed by atoms with Crippen LogP contribution in [0, 0.1) is 0 Å². The molecule has 1 aromatic rings. The highest BCUT2D eigenvalue weighted by molar-refractivity contribution is 7.99. The van der Waals surface area contributed by atoms with Crippen molar-refractivity contribution in [1.82, 2.24) is 0 Å². The smallest absolute Gasteiger partial charge is 0.295 e. The largest absolute Gasteiger partial charge is 0.389 e. The molecule has 0 aliphatic heterocycles. The molecule has 0 unspecified atom stereocenters. The van der Waals surface area contributed by atoms with E-state index in [1.807, 2.05) is 0 Å². The molecule has 88 valence electrons. The van der Waals surface area contributed by atoms with Crippen molar-refractivity contribution in [3.8, 4) is 0 Å². The minimum atomic E-state index is -4.10. The summed E-state index contributed by atoms with van der Waals surface area (Å²) in [5.41, 5.74) is 0.570. The summed E-state index contributed by atoms with van der Waals surface area (Å²) in [5, 5.41) is 0. The van der Waals surface area contributed by atoms with Gasteiger partial charge in [-0.1, -0.05) is 12.1 Å². The number of hydrogen-bond donors (Lipinski definition) is 0. The van der Waals surface area contributed by atoms with Crippen molar-refractivity contribution < 1.29 is 18.0 Å². The van der Waals surface area contributed by atoms with E-state index in [2.05, 4.69) is 0 Å². The lowest BCUT2D eigenvalue weighted by Gasteiger charge is -2.05. The number of halogens is 3. The Kier molecular flexibility index (Phi) is 4.41. The van der Waals surface area contributed by atoms with Crippen LogP contribution in [0.25, 0.3) is 0 Å². The maximum atomic E-state index is 11.9. The van der Waals surface area contributed by atoms with Crippen LogP contribution in [0.15, 0.2) is 29.2 Å². The summed E-state index contributed by atoms with van der Waals surface area (Å²) in [5.74, 6) is -0.0463. The predicted molar refractivity (Wildman–Crippen MR) is 57.8 cm³/mol. The lowest BCUT2D eigenvalue weighted by atomic mass is 10.2. The van der Waals surface area contributed by atoms with Gasteiger partial charge in [-0.05, 0) is 19.1 Å². The average Bonchev–Trinajstić information content (AvgIpc) is 2.16. The molecule has 0 saturated heterocycles. The summed E-state index contributed by atoms with van der Waals surface area (Å²) in [4.78, 5) is 11.7. The zero-order chi connectivity index (χ0) is 12.2. The van der Waals surface area contributed by atoms with Gasteiger partial charge in [-0.15, -0.1) is 11.8 Å². The molecule has 5 heteroatoms. The van der Waals surface area contributed by atoms with E-state index < -0.39 is 12.6 Å². The third-order valence-electron chi connectivity index (χ3n) is 1.92. The van der Waals surface area contributed by atoms with Crippen molar-refractivity contribution in [2.45, 2.75) is 24.4 Å². The van der Waals surface area contributed by atoms with Gasteiger partial charge in [0.1, 0.15) is 0 Å². The van der Waals surface area contributed by atoms with Crippen molar-refractivity contribution >= 4 is 17.5 Å². The Morgan fingerprint density at radius 3 is 2.25 bits per heavy atom. The van der Waals surface area contributed by atoms with Crippen molar-refractivity contribution in [3.63, 3.8) is 0 Å². The van der Waals surface area contributed by atoms with Crippen molar-refractivity contribution in [3.05, 3.63) is 29.8 Å². The van der Waals surface area contributed by atoms with Gasteiger partial charge in [0.2, 0.25) is 0 Å². The van der Waals surface area contributed by atoms with Crippen LogP contribution in [0.3, 0.4) is 0 Å². The van der Waals surface area contributed by atoms with Crippen LogP contribution in [0.4, 0.5) is 13.2 Å². The molecule has 0 amide bonds. The van der Waals surface area contributed by atoms with Gasteiger partial charge in [-0.25, -0.2) is 0 Å². The second-order valence-corrected chi connectivity index (χ2v) is 4.46. The standard InChI is InChI=1S/C11H11F3OS/c1-8(15)9-2-4-10(5-3-9)16-7-6-11(12,13)14/h2-5H,6-7H2,1H3. The lowest BCUT2D eigenvalue weighted by Crippen LogP contribution is -2.07. The third kappa shape index (κ3) is 4.70. The van der Waals surface area contributed by atoms with E-state index in [4.69, 9.17) is 0 Å². The second-order valence-electron chi connectivity index (χ2n) is 3.29. The van der Waals surface area contributed by atoms with Gasteiger partial charge in [0.15, 0.2) is 5.78 Å². The molecule has 16 heavy (non-hydrogen) atoms. The monoisotopic (exact) mass is 248 g/mol. The molecule has 0 aliphatic rings. The average molecular weight is 248 g/mol. The predicted octanol–water partition coefficient (Wildman–Crippen LogP) is 3.93. The van der Waals surface area contributed by atoms with E-state index in [1.165, 1.54) is 6.92 Å². The fourth-order valence-electron chi connectivity index (χ4n) is 1.07. The molecule has 0 aliphatic carbocycles. The van der Waals surface area contributed by atoms with Crippen LogP contribution in [-0.2, 0) is 0 Å². The molecule has 0 fully saturated rings. The summed E-state index contributed by atoms with van der Waals surface area (Å²) in [6, 6.07) is 6.58. The Bertz CT molecular complexity index is 356. The van der Waals surface area contributed by atoms with Crippen LogP contribution in [-0.4, -0.2) is 17.7 Å². The van der Waals surface area contributed by atoms with Crippen LogP contribution in [0.5, 0.6) is 0 Å². The molecule has 0 atom stereocenters. The van der Waals surface area contributed by atoms with Gasteiger partial charge in [-0.2, -0.15) is 13.2 Å². The van der Waals surface area contributed by atoms with E-state index in [1.54, 1.807) is 24.3 Å². The molecule has 0 saturated carbocycles. The highest BCUT2D eigenvalue weighted by atomic mass is 32.2. The van der Waals surface area contributed by atoms with Crippen molar-refractivity contribution in [2.24, 2.45) is 0 Å². The minimum Gasteiger partial charge on any atom is -0.295 e. The number of hydrogen-bond acceptors (Lipinski definition) is 2. The zero-order valence-corrected chi connectivity index (χ0v) is 9.49. The number of alkyl halides is 3. The molecule has 0 aromatic heterocycles. The number of rotatable bonds is 4. The summed E-state index contributed by atoms with van der Waals surface area (Å²) < 4.78 is 35.6. The summed E-state index contributed by atoms with van der Waals surface area (Å²) in [7, 11) is 0. The molecule has 0 N–H and O–H groups in total. The molecular formula is C11H11F3OS. The number of ketones is 1. The first-order valence-corrected chi connectivity index (χ1v) is 5.67. The molecule has 0 heterocycles. The van der Waals surface area contributed by atoms with E-state index >= 15 is 0 Å². The van der Waals surface area contributed by atoms with Crippen LogP contribution in [0.2, 0.25) is 0 Å². The summed E-state index contributed by atoms with van der Waals surface area (Å²) >= 11 is 1.14. The maximum Gasteiger partial charge on any atom is 0.389 e. The fourth-order valence-corrected chi connectivity index (χ4v) is 1.97. The number of carbonyl (C=O) groups excluding carboxylic acids is 1. The van der Waals surface area contributed by atoms with Gasteiger partial charge in [0.25, 0.3) is 0 Å². The van der Waals surface area contributed by atoms with Crippen molar-refractivity contribution in [1.29, 1.82) is 0 Å². The topological polar surface area (TPSA) is 17.1 Å². The number of carbonyl (C=O) groups is 1. The number of benzene rings is 1. The first-order chi connectivity index (χ1) is 7.38.